The van der Waals surface area contributed by atoms with Crippen molar-refractivity contribution in [3.63, 3.8) is 0 Å². The van der Waals surface area contributed by atoms with Crippen molar-refractivity contribution in [1.82, 2.24) is 24.8 Å². The van der Waals surface area contributed by atoms with Crippen LogP contribution < -0.4 is 10.2 Å². The maximum atomic E-state index is 12.5. The molecule has 0 spiro atoms. The average molecular weight is 565 g/mol. The summed E-state index contributed by atoms with van der Waals surface area (Å²) in [6.07, 6.45) is 5.24. The Hall–Kier alpha value is -3.75. The molecule has 1 amide bonds. The number of β-amino-alcohol motifs (C(OH)–C–C–N with tert-alkyl or cyclic N) is 1. The number of benzene rings is 2. The number of aliphatic hydroxyl groups is 1. The number of nitrogens with zero attached hydrogens (tertiary/aromatic N) is 5. The summed E-state index contributed by atoms with van der Waals surface area (Å²) in [6.45, 7) is 7.12. The van der Waals surface area contributed by atoms with Crippen LogP contribution >= 0.6 is 0 Å². The zero-order valence-electron chi connectivity index (χ0n) is 24.4. The maximum Gasteiger partial charge on any atom is 0.220 e. The molecule has 2 aromatic carbocycles. The Morgan fingerprint density at radius 2 is 1.76 bits per heavy atom. The molecule has 1 aliphatic heterocycles. The number of aromatic nitrogens is 3. The SMILES string of the molecule is Cc1nn2c(N3CCN(CCO)CC3)cc(-c3cccc(CCNC(=O)CC45CC(C4)C5)c3)nc2c1-c1ccccc1. The number of aliphatic hydroxyl groups excluding tert-OH is 1. The lowest BCUT2D eigenvalue weighted by Crippen LogP contribution is -2.53. The number of amides is 1. The van der Waals surface area contributed by atoms with Crippen molar-refractivity contribution in [1.29, 1.82) is 0 Å². The molecule has 4 aliphatic rings. The number of piperazine rings is 1. The van der Waals surface area contributed by atoms with Crippen LogP contribution in [0.15, 0.2) is 60.7 Å². The molecule has 8 heteroatoms. The van der Waals surface area contributed by atoms with Crippen LogP contribution in [0, 0.1) is 18.3 Å². The van der Waals surface area contributed by atoms with Crippen molar-refractivity contribution >= 4 is 17.4 Å². The number of rotatable bonds is 10. The molecule has 0 unspecified atom stereocenters. The Morgan fingerprint density at radius 3 is 2.48 bits per heavy atom. The maximum absolute atomic E-state index is 12.5. The molecule has 3 saturated carbocycles. The predicted molar refractivity (Wildman–Crippen MR) is 165 cm³/mol. The highest BCUT2D eigenvalue weighted by Gasteiger charge is 2.56. The number of aryl methyl sites for hydroxylation is 1. The van der Waals surface area contributed by atoms with Crippen LogP contribution in [0.5, 0.6) is 0 Å². The van der Waals surface area contributed by atoms with Crippen LogP contribution in [0.2, 0.25) is 0 Å². The first-order chi connectivity index (χ1) is 20.5. The number of anilines is 1. The van der Waals surface area contributed by atoms with Gasteiger partial charge in [0.15, 0.2) is 5.65 Å². The Bertz CT molecular complexity index is 1570. The second-order valence-electron chi connectivity index (χ2n) is 12.6. The van der Waals surface area contributed by atoms with E-state index in [-0.39, 0.29) is 12.5 Å². The summed E-state index contributed by atoms with van der Waals surface area (Å²) in [5, 5.41) is 17.6. The molecular formula is C34H40N6O2. The summed E-state index contributed by atoms with van der Waals surface area (Å²) in [7, 11) is 0. The Kier molecular flexibility index (Phi) is 7.20. The van der Waals surface area contributed by atoms with Gasteiger partial charge in [0.2, 0.25) is 5.91 Å². The van der Waals surface area contributed by atoms with Gasteiger partial charge in [0, 0.05) is 62.9 Å². The molecule has 0 radical (unpaired) electrons. The van der Waals surface area contributed by atoms with Crippen LogP contribution in [-0.2, 0) is 11.2 Å². The monoisotopic (exact) mass is 564 g/mol. The van der Waals surface area contributed by atoms with E-state index in [4.69, 9.17) is 10.1 Å². The third-order valence-electron chi connectivity index (χ3n) is 9.58. The predicted octanol–water partition coefficient (Wildman–Crippen LogP) is 4.33. The molecule has 42 heavy (non-hydrogen) atoms. The van der Waals surface area contributed by atoms with Gasteiger partial charge in [-0.15, -0.1) is 0 Å². The largest absolute Gasteiger partial charge is 0.395 e. The molecule has 3 heterocycles. The standard InChI is InChI=1S/C34H40N6O2/c1-24-32(27-7-3-2-4-8-27)33-36-29(19-31(40(33)37-24)39-14-12-38(13-15-39)16-17-41)28-9-5-6-25(18-28)10-11-35-30(42)23-34-20-26(21-34)22-34/h2-9,18-19,26,41H,10-17,20-23H2,1H3,(H,35,42). The van der Waals surface area contributed by atoms with Crippen molar-refractivity contribution in [2.75, 3.05) is 50.8 Å². The molecule has 0 atom stereocenters. The van der Waals surface area contributed by atoms with Crippen molar-refractivity contribution in [2.24, 2.45) is 11.3 Å². The fraction of sp³-hybridized carbons (Fsp3) is 0.441. The van der Waals surface area contributed by atoms with Gasteiger partial charge in [-0.2, -0.15) is 9.61 Å². The topological polar surface area (TPSA) is 86.0 Å². The quantitative estimate of drug-likeness (QED) is 0.298. The minimum atomic E-state index is 0.184. The molecule has 2 bridgehead atoms. The number of hydrogen-bond acceptors (Lipinski definition) is 6. The first-order valence-electron chi connectivity index (χ1n) is 15.4. The number of carbonyl (C=O) groups excluding carboxylic acids is 1. The lowest BCUT2D eigenvalue weighted by Gasteiger charge is -2.61. The van der Waals surface area contributed by atoms with Gasteiger partial charge in [-0.1, -0.05) is 48.5 Å². The normalized spacial score (nSPS) is 21.7. The van der Waals surface area contributed by atoms with E-state index in [2.05, 4.69) is 76.6 Å². The molecular weight excluding hydrogens is 524 g/mol. The Balaban J connectivity index is 1.17. The number of fused-ring (bicyclic) bond motifs is 1. The van der Waals surface area contributed by atoms with E-state index in [1.807, 2.05) is 10.6 Å². The zero-order valence-corrected chi connectivity index (χ0v) is 24.4. The molecule has 1 saturated heterocycles. The lowest BCUT2D eigenvalue weighted by atomic mass is 9.43. The van der Waals surface area contributed by atoms with E-state index in [0.717, 1.165) is 78.1 Å². The lowest BCUT2D eigenvalue weighted by molar-refractivity contribution is -0.144. The van der Waals surface area contributed by atoms with Crippen LogP contribution in [-0.4, -0.2) is 76.4 Å². The third kappa shape index (κ3) is 5.18. The third-order valence-corrected chi connectivity index (χ3v) is 9.58. The molecule has 2 aromatic heterocycles. The highest BCUT2D eigenvalue weighted by atomic mass is 16.3. The summed E-state index contributed by atoms with van der Waals surface area (Å²) in [6, 6.07) is 21.1. The number of nitrogens with one attached hydrogen (secondary N) is 1. The van der Waals surface area contributed by atoms with E-state index in [1.165, 1.54) is 24.8 Å². The molecule has 8 rings (SSSR count). The highest BCUT2D eigenvalue weighted by Crippen LogP contribution is 2.66. The zero-order chi connectivity index (χ0) is 28.7. The van der Waals surface area contributed by atoms with E-state index in [0.29, 0.717) is 24.9 Å². The second kappa shape index (κ2) is 11.2. The van der Waals surface area contributed by atoms with Crippen molar-refractivity contribution < 1.29 is 9.90 Å². The van der Waals surface area contributed by atoms with Crippen LogP contribution in [0.25, 0.3) is 28.0 Å². The van der Waals surface area contributed by atoms with Gasteiger partial charge in [0.05, 0.1) is 18.0 Å². The van der Waals surface area contributed by atoms with Gasteiger partial charge in [-0.25, -0.2) is 4.98 Å². The van der Waals surface area contributed by atoms with Crippen LogP contribution in [0.1, 0.15) is 36.9 Å². The van der Waals surface area contributed by atoms with Crippen LogP contribution in [0.3, 0.4) is 0 Å². The molecule has 2 N–H and O–H groups in total. The van der Waals surface area contributed by atoms with Gasteiger partial charge in [0.25, 0.3) is 0 Å². The first-order valence-corrected chi connectivity index (χ1v) is 15.4. The summed E-state index contributed by atoms with van der Waals surface area (Å²) >= 11 is 0. The Labute approximate surface area is 247 Å². The van der Waals surface area contributed by atoms with Gasteiger partial charge < -0.3 is 15.3 Å². The Morgan fingerprint density at radius 1 is 1.00 bits per heavy atom. The van der Waals surface area contributed by atoms with Gasteiger partial charge in [-0.05, 0) is 61.1 Å². The second-order valence-corrected chi connectivity index (χ2v) is 12.6. The number of hydrogen-bond donors (Lipinski definition) is 2. The van der Waals surface area contributed by atoms with Gasteiger partial charge >= 0.3 is 0 Å². The van der Waals surface area contributed by atoms with Crippen LogP contribution in [0.4, 0.5) is 5.82 Å². The fourth-order valence-corrected chi connectivity index (χ4v) is 7.28. The van der Waals surface area contributed by atoms with Gasteiger partial charge in [0.1, 0.15) is 5.82 Å². The minimum absolute atomic E-state index is 0.184. The first kappa shape index (κ1) is 27.1. The summed E-state index contributed by atoms with van der Waals surface area (Å²) < 4.78 is 2.01. The molecule has 3 aliphatic carbocycles. The smallest absolute Gasteiger partial charge is 0.220 e. The fourth-order valence-electron chi connectivity index (χ4n) is 7.28. The summed E-state index contributed by atoms with van der Waals surface area (Å²) in [4.78, 5) is 22.4. The highest BCUT2D eigenvalue weighted by molar-refractivity contribution is 5.83. The minimum Gasteiger partial charge on any atom is -0.395 e. The average Bonchev–Trinajstić information content (AvgIpc) is 3.31. The van der Waals surface area contributed by atoms with Crippen molar-refractivity contribution in [3.8, 4) is 22.4 Å². The van der Waals surface area contributed by atoms with Gasteiger partial charge in [-0.3, -0.25) is 9.69 Å². The molecule has 4 aromatic rings. The molecule has 218 valence electrons. The van der Waals surface area contributed by atoms with Crippen molar-refractivity contribution in [2.45, 2.75) is 39.0 Å². The van der Waals surface area contributed by atoms with E-state index >= 15 is 0 Å². The van der Waals surface area contributed by atoms with E-state index < -0.39 is 0 Å². The van der Waals surface area contributed by atoms with E-state index in [1.54, 1.807) is 0 Å². The van der Waals surface area contributed by atoms with Crippen molar-refractivity contribution in [3.05, 3.63) is 71.9 Å². The summed E-state index contributed by atoms with van der Waals surface area (Å²) in [5.74, 6) is 2.14. The number of carbonyl (C=O) groups is 1. The molecule has 4 fully saturated rings. The molecule has 8 nitrogen and oxygen atoms in total. The van der Waals surface area contributed by atoms with E-state index in [9.17, 15) is 9.90 Å². The summed E-state index contributed by atoms with van der Waals surface area (Å²) in [5.41, 5.74) is 7.48.